The standard InChI is InChI=1S/C17H13FN2O3S/c1-9-12(4-17(22)23)13-3-16(21)14(18)5-15(13)20(9)7-10-2-11(6-19)24-8-10/h2-3,5,8,21H,4,7H2,1H3,(H,22,23). The maximum Gasteiger partial charge on any atom is 0.307 e. The van der Waals surface area contributed by atoms with Crippen molar-refractivity contribution in [1.82, 2.24) is 4.57 Å². The molecule has 0 saturated heterocycles. The molecule has 0 unspecified atom stereocenters. The van der Waals surface area contributed by atoms with Crippen LogP contribution in [0.4, 0.5) is 4.39 Å². The second-order valence-corrected chi connectivity index (χ2v) is 6.38. The van der Waals surface area contributed by atoms with Crippen LogP contribution in [0.15, 0.2) is 23.6 Å². The van der Waals surface area contributed by atoms with Gasteiger partial charge >= 0.3 is 5.97 Å². The van der Waals surface area contributed by atoms with E-state index in [0.717, 1.165) is 5.56 Å². The van der Waals surface area contributed by atoms with E-state index in [1.54, 1.807) is 17.6 Å². The number of fused-ring (bicyclic) bond motifs is 1. The number of carboxylic acid groups (broad SMARTS) is 1. The lowest BCUT2D eigenvalue weighted by atomic mass is 10.1. The average molecular weight is 344 g/mol. The van der Waals surface area contributed by atoms with Crippen molar-refractivity contribution in [2.24, 2.45) is 0 Å². The van der Waals surface area contributed by atoms with E-state index in [2.05, 4.69) is 6.07 Å². The number of carbonyl (C=O) groups is 1. The largest absolute Gasteiger partial charge is 0.505 e. The fourth-order valence-electron chi connectivity index (χ4n) is 2.83. The molecule has 0 saturated carbocycles. The highest BCUT2D eigenvalue weighted by Gasteiger charge is 2.19. The summed E-state index contributed by atoms with van der Waals surface area (Å²) in [6.07, 6.45) is -0.215. The monoisotopic (exact) mass is 344 g/mol. The number of thiophene rings is 1. The molecular formula is C17H13FN2O3S. The summed E-state index contributed by atoms with van der Waals surface area (Å²) in [4.78, 5) is 11.7. The third kappa shape index (κ3) is 2.72. The molecule has 0 aliphatic rings. The van der Waals surface area contributed by atoms with Crippen molar-refractivity contribution in [3.63, 3.8) is 0 Å². The summed E-state index contributed by atoms with van der Waals surface area (Å²) >= 11 is 1.32. The second-order valence-electron chi connectivity index (χ2n) is 5.47. The Balaban J connectivity index is 2.18. The number of nitriles is 1. The van der Waals surface area contributed by atoms with Crippen molar-refractivity contribution in [3.8, 4) is 11.8 Å². The van der Waals surface area contributed by atoms with Gasteiger partial charge in [0.2, 0.25) is 0 Å². The van der Waals surface area contributed by atoms with Crippen LogP contribution in [-0.4, -0.2) is 20.7 Å². The number of aromatic hydroxyl groups is 1. The molecular weight excluding hydrogens is 331 g/mol. The number of rotatable bonds is 4. The van der Waals surface area contributed by atoms with Gasteiger partial charge in [0.15, 0.2) is 11.6 Å². The van der Waals surface area contributed by atoms with Crippen molar-refractivity contribution >= 4 is 28.2 Å². The Morgan fingerprint density at radius 3 is 2.79 bits per heavy atom. The van der Waals surface area contributed by atoms with Crippen molar-refractivity contribution in [1.29, 1.82) is 5.26 Å². The van der Waals surface area contributed by atoms with Crippen LogP contribution >= 0.6 is 11.3 Å². The maximum atomic E-state index is 13.8. The lowest BCUT2D eigenvalue weighted by Gasteiger charge is -2.07. The van der Waals surface area contributed by atoms with Gasteiger partial charge in [-0.25, -0.2) is 4.39 Å². The van der Waals surface area contributed by atoms with Gasteiger partial charge in [0.1, 0.15) is 10.9 Å². The van der Waals surface area contributed by atoms with Crippen LogP contribution in [-0.2, 0) is 17.8 Å². The van der Waals surface area contributed by atoms with Gasteiger partial charge in [-0.05, 0) is 35.6 Å². The van der Waals surface area contributed by atoms with Gasteiger partial charge < -0.3 is 14.8 Å². The van der Waals surface area contributed by atoms with Crippen molar-refractivity contribution < 1.29 is 19.4 Å². The van der Waals surface area contributed by atoms with Gasteiger partial charge in [0.25, 0.3) is 0 Å². The molecule has 0 amide bonds. The maximum absolute atomic E-state index is 13.8. The number of benzene rings is 1. The van der Waals surface area contributed by atoms with Gasteiger partial charge in [-0.1, -0.05) is 0 Å². The molecule has 0 aliphatic heterocycles. The summed E-state index contributed by atoms with van der Waals surface area (Å²) in [6, 6.07) is 6.30. The first-order chi connectivity index (χ1) is 11.4. The van der Waals surface area contributed by atoms with E-state index in [9.17, 15) is 14.3 Å². The minimum absolute atomic E-state index is 0.215. The van der Waals surface area contributed by atoms with Gasteiger partial charge in [-0.2, -0.15) is 5.26 Å². The number of halogens is 1. The van der Waals surface area contributed by atoms with Crippen LogP contribution in [0, 0.1) is 24.1 Å². The van der Waals surface area contributed by atoms with Gasteiger partial charge in [-0.15, -0.1) is 11.3 Å². The van der Waals surface area contributed by atoms with Crippen molar-refractivity contribution in [2.45, 2.75) is 19.9 Å². The molecule has 2 heterocycles. The summed E-state index contributed by atoms with van der Waals surface area (Å²) in [5, 5.41) is 30.1. The van der Waals surface area contributed by atoms with Crippen molar-refractivity contribution in [3.05, 3.63) is 51.1 Å². The lowest BCUT2D eigenvalue weighted by molar-refractivity contribution is -0.136. The van der Waals surface area contributed by atoms with E-state index in [1.807, 2.05) is 5.38 Å². The molecule has 0 aliphatic carbocycles. The molecule has 2 aromatic heterocycles. The first kappa shape index (κ1) is 16.0. The SMILES string of the molecule is Cc1c(CC(=O)O)c2cc(O)c(F)cc2n1Cc1csc(C#N)c1. The highest BCUT2D eigenvalue weighted by molar-refractivity contribution is 7.10. The number of nitrogens with zero attached hydrogens (tertiary/aromatic N) is 2. The number of phenols is 1. The van der Waals surface area contributed by atoms with Crippen LogP contribution in [0.2, 0.25) is 0 Å². The summed E-state index contributed by atoms with van der Waals surface area (Å²) in [5.41, 5.74) is 2.64. The second kappa shape index (κ2) is 5.98. The van der Waals surface area contributed by atoms with Crippen molar-refractivity contribution in [2.75, 3.05) is 0 Å². The molecule has 24 heavy (non-hydrogen) atoms. The van der Waals surface area contributed by atoms with Crippen LogP contribution in [0.1, 0.15) is 21.7 Å². The smallest absolute Gasteiger partial charge is 0.307 e. The third-order valence-corrected chi connectivity index (χ3v) is 4.84. The van der Waals surface area contributed by atoms with Crippen LogP contribution in [0.3, 0.4) is 0 Å². The molecule has 0 spiro atoms. The van der Waals surface area contributed by atoms with E-state index in [0.29, 0.717) is 33.6 Å². The number of hydrogen-bond acceptors (Lipinski definition) is 4. The van der Waals surface area contributed by atoms with Gasteiger partial charge in [-0.3, -0.25) is 4.79 Å². The normalized spacial score (nSPS) is 10.9. The number of phenolic OH excluding ortho intramolecular Hbond substituents is 1. The van der Waals surface area contributed by atoms with E-state index in [1.165, 1.54) is 23.5 Å². The van der Waals surface area contributed by atoms with E-state index >= 15 is 0 Å². The molecule has 0 radical (unpaired) electrons. The number of aliphatic carboxylic acids is 1. The summed E-state index contributed by atoms with van der Waals surface area (Å²) in [6.45, 7) is 2.16. The first-order valence-electron chi connectivity index (χ1n) is 7.10. The van der Waals surface area contributed by atoms with E-state index in [-0.39, 0.29) is 6.42 Å². The Kier molecular flexibility index (Phi) is 3.99. The minimum atomic E-state index is -0.997. The van der Waals surface area contributed by atoms with E-state index < -0.39 is 17.5 Å². The number of carboxylic acids is 1. The molecule has 0 atom stereocenters. The Bertz CT molecular complexity index is 998. The van der Waals surface area contributed by atoms with E-state index in [4.69, 9.17) is 10.4 Å². The molecule has 3 rings (SSSR count). The average Bonchev–Trinajstić information content (AvgIpc) is 3.07. The third-order valence-electron chi connectivity index (χ3n) is 3.96. The zero-order chi connectivity index (χ0) is 17.4. The predicted molar refractivity (Wildman–Crippen MR) is 87.8 cm³/mol. The first-order valence-corrected chi connectivity index (χ1v) is 7.98. The minimum Gasteiger partial charge on any atom is -0.505 e. The zero-order valence-electron chi connectivity index (χ0n) is 12.7. The summed E-state index contributed by atoms with van der Waals surface area (Å²) < 4.78 is 15.6. The fraction of sp³-hybridized carbons (Fsp3) is 0.176. The highest BCUT2D eigenvalue weighted by Crippen LogP contribution is 2.32. The van der Waals surface area contributed by atoms with Crippen LogP contribution < -0.4 is 0 Å². The zero-order valence-corrected chi connectivity index (χ0v) is 13.5. The lowest BCUT2D eigenvalue weighted by Crippen LogP contribution is -2.04. The number of aromatic nitrogens is 1. The van der Waals surface area contributed by atoms with Crippen LogP contribution in [0.25, 0.3) is 10.9 Å². The molecule has 0 fully saturated rings. The predicted octanol–water partition coefficient (Wildman–Crippen LogP) is 3.40. The Morgan fingerprint density at radius 2 is 2.17 bits per heavy atom. The molecule has 2 N–H and O–H groups in total. The molecule has 3 aromatic rings. The van der Waals surface area contributed by atoms with Crippen LogP contribution in [0.5, 0.6) is 5.75 Å². The highest BCUT2D eigenvalue weighted by atomic mass is 32.1. The van der Waals surface area contributed by atoms with Gasteiger partial charge in [0, 0.05) is 23.7 Å². The number of hydrogen-bond donors (Lipinski definition) is 2. The Labute approximate surface area is 140 Å². The molecule has 122 valence electrons. The molecule has 7 heteroatoms. The Morgan fingerprint density at radius 1 is 1.42 bits per heavy atom. The Hall–Kier alpha value is -2.85. The quantitative estimate of drug-likeness (QED) is 0.759. The fourth-order valence-corrected chi connectivity index (χ4v) is 3.53. The van der Waals surface area contributed by atoms with Gasteiger partial charge in [0.05, 0.1) is 11.9 Å². The molecule has 1 aromatic carbocycles. The topological polar surface area (TPSA) is 86.2 Å². The summed E-state index contributed by atoms with van der Waals surface area (Å²) in [7, 11) is 0. The summed E-state index contributed by atoms with van der Waals surface area (Å²) in [5.74, 6) is -2.26. The molecule has 0 bridgehead atoms. The molecule has 5 nitrogen and oxygen atoms in total.